The summed E-state index contributed by atoms with van der Waals surface area (Å²) in [6, 6.07) is 6.61. The van der Waals surface area contributed by atoms with E-state index in [9.17, 15) is 0 Å². The molecule has 1 atom stereocenters. The number of hydrogen-bond donors (Lipinski definition) is 2. The van der Waals surface area contributed by atoms with Crippen LogP contribution in [0.3, 0.4) is 0 Å². The average Bonchev–Trinajstić information content (AvgIpc) is 3.39. The number of morpholine rings is 1. The number of guanidine groups is 1. The van der Waals surface area contributed by atoms with Gasteiger partial charge >= 0.3 is 0 Å². The second-order valence-corrected chi connectivity index (χ2v) is 8.24. The number of hydrogen-bond acceptors (Lipinski definition) is 3. The topological polar surface area (TPSA) is 55.9 Å². The van der Waals surface area contributed by atoms with Crippen LogP contribution in [0, 0.1) is 5.92 Å². The van der Waals surface area contributed by atoms with Gasteiger partial charge in [-0.2, -0.15) is 0 Å². The number of nitrogens with zero attached hydrogens (tertiary/aromatic N) is 3. The number of aromatic nitrogens is 1. The summed E-state index contributed by atoms with van der Waals surface area (Å²) >= 11 is 0. The van der Waals surface area contributed by atoms with E-state index in [4.69, 9.17) is 4.74 Å². The third kappa shape index (κ3) is 4.75. The lowest BCUT2D eigenvalue weighted by atomic mass is 10.1. The fraction of sp³-hybridized carbons (Fsp3) is 0.609. The summed E-state index contributed by atoms with van der Waals surface area (Å²) in [6.07, 6.45) is 5.47. The monoisotopic (exact) mass is 397 g/mol. The fourth-order valence-electron chi connectivity index (χ4n) is 4.74. The van der Waals surface area contributed by atoms with Crippen molar-refractivity contribution in [3.63, 3.8) is 0 Å². The van der Waals surface area contributed by atoms with E-state index >= 15 is 0 Å². The van der Waals surface area contributed by atoms with Crippen molar-refractivity contribution in [3.05, 3.63) is 35.5 Å². The molecule has 2 aliphatic heterocycles. The molecule has 158 valence electrons. The molecule has 1 aromatic carbocycles. The lowest BCUT2D eigenvalue weighted by Gasteiger charge is -2.29. The minimum absolute atomic E-state index is 0.729. The Morgan fingerprint density at radius 3 is 2.90 bits per heavy atom. The van der Waals surface area contributed by atoms with Crippen molar-refractivity contribution in [2.45, 2.75) is 26.2 Å². The maximum Gasteiger partial charge on any atom is 0.193 e. The van der Waals surface area contributed by atoms with Gasteiger partial charge in [0.05, 0.1) is 13.2 Å². The fourth-order valence-corrected chi connectivity index (χ4v) is 4.74. The first-order valence-corrected chi connectivity index (χ1v) is 11.1. The molecule has 0 saturated carbocycles. The number of fused-ring (bicyclic) bond motifs is 1. The number of aliphatic imine (C=N–C) groups is 1. The van der Waals surface area contributed by atoms with Crippen molar-refractivity contribution in [2.75, 3.05) is 59.5 Å². The standard InChI is InChI=1S/C23H35N5O/c1-3-19-5-4-6-21-20(15-26-22(19)21)7-9-25-23(24-2)28-10-8-18(17-28)16-27-11-13-29-14-12-27/h4-6,15,18,26H,3,7-14,16-17H2,1-2H3,(H,24,25). The molecule has 0 aliphatic carbocycles. The molecule has 4 rings (SSSR count). The number of nitrogens with one attached hydrogen (secondary N) is 2. The van der Waals surface area contributed by atoms with Gasteiger partial charge in [-0.05, 0) is 36.3 Å². The minimum atomic E-state index is 0.729. The van der Waals surface area contributed by atoms with Crippen LogP contribution < -0.4 is 5.32 Å². The highest BCUT2D eigenvalue weighted by Gasteiger charge is 2.27. The van der Waals surface area contributed by atoms with Crippen molar-refractivity contribution in [2.24, 2.45) is 10.9 Å². The molecule has 2 N–H and O–H groups in total. The zero-order valence-electron chi connectivity index (χ0n) is 17.9. The summed E-state index contributed by atoms with van der Waals surface area (Å²) in [6.45, 7) is 10.4. The van der Waals surface area contributed by atoms with Crippen LogP contribution in [0.25, 0.3) is 10.9 Å². The zero-order valence-corrected chi connectivity index (χ0v) is 17.9. The van der Waals surface area contributed by atoms with Gasteiger partial charge in [-0.1, -0.05) is 25.1 Å². The number of H-pyrrole nitrogens is 1. The Balaban J connectivity index is 1.28. The molecule has 2 aromatic rings. The average molecular weight is 398 g/mol. The number of rotatable bonds is 6. The predicted molar refractivity (Wildman–Crippen MR) is 120 cm³/mol. The highest BCUT2D eigenvalue weighted by atomic mass is 16.5. The molecule has 2 fully saturated rings. The van der Waals surface area contributed by atoms with Crippen LogP contribution in [-0.2, 0) is 17.6 Å². The Hall–Kier alpha value is -2.05. The summed E-state index contributed by atoms with van der Waals surface area (Å²) < 4.78 is 5.47. The normalized spacial score (nSPS) is 21.2. The number of ether oxygens (including phenoxy) is 1. The van der Waals surface area contributed by atoms with Gasteiger partial charge in [0.2, 0.25) is 0 Å². The molecule has 0 radical (unpaired) electrons. The molecular formula is C23H35N5O. The second-order valence-electron chi connectivity index (χ2n) is 8.24. The molecule has 1 aromatic heterocycles. The smallest absolute Gasteiger partial charge is 0.193 e. The first-order chi connectivity index (χ1) is 14.3. The zero-order chi connectivity index (χ0) is 20.1. The van der Waals surface area contributed by atoms with E-state index in [2.05, 4.69) is 56.4 Å². The van der Waals surface area contributed by atoms with Crippen molar-refractivity contribution in [1.29, 1.82) is 0 Å². The Morgan fingerprint density at radius 1 is 1.24 bits per heavy atom. The van der Waals surface area contributed by atoms with Gasteiger partial charge in [-0.15, -0.1) is 0 Å². The number of benzene rings is 1. The molecule has 2 saturated heterocycles. The van der Waals surface area contributed by atoms with Crippen molar-refractivity contribution in [1.82, 2.24) is 20.1 Å². The predicted octanol–water partition coefficient (Wildman–Crippen LogP) is 2.50. The van der Waals surface area contributed by atoms with Crippen molar-refractivity contribution >= 4 is 16.9 Å². The summed E-state index contributed by atoms with van der Waals surface area (Å²) in [5.74, 6) is 1.77. The second kappa shape index (κ2) is 9.63. The quantitative estimate of drug-likeness (QED) is 0.581. The molecule has 0 bridgehead atoms. The first kappa shape index (κ1) is 20.2. The van der Waals surface area contributed by atoms with Crippen LogP contribution in [0.2, 0.25) is 0 Å². The molecular weight excluding hydrogens is 362 g/mol. The number of aryl methyl sites for hydroxylation is 1. The SMILES string of the molecule is CCc1cccc2c(CCNC(=NC)N3CCC(CN4CCOCC4)C3)c[nH]c12. The van der Waals surface area contributed by atoms with Crippen molar-refractivity contribution < 1.29 is 4.74 Å². The van der Waals surface area contributed by atoms with Gasteiger partial charge in [0, 0.05) is 63.4 Å². The summed E-state index contributed by atoms with van der Waals surface area (Å²) in [5.41, 5.74) is 4.06. The number of aromatic amines is 1. The summed E-state index contributed by atoms with van der Waals surface area (Å²) in [4.78, 5) is 13.0. The van der Waals surface area contributed by atoms with Gasteiger partial charge in [0.1, 0.15) is 0 Å². The Kier molecular flexibility index (Phi) is 6.72. The van der Waals surface area contributed by atoms with Crippen LogP contribution in [-0.4, -0.2) is 80.3 Å². The largest absolute Gasteiger partial charge is 0.379 e. The van der Waals surface area contributed by atoms with Gasteiger partial charge in [-0.3, -0.25) is 9.89 Å². The van der Waals surface area contributed by atoms with Gasteiger partial charge in [-0.25, -0.2) is 0 Å². The van der Waals surface area contributed by atoms with E-state index in [-0.39, 0.29) is 0 Å². The molecule has 6 nitrogen and oxygen atoms in total. The lowest BCUT2D eigenvalue weighted by Crippen LogP contribution is -2.42. The maximum atomic E-state index is 5.47. The molecule has 6 heteroatoms. The summed E-state index contributed by atoms with van der Waals surface area (Å²) in [7, 11) is 1.90. The minimum Gasteiger partial charge on any atom is -0.379 e. The molecule has 0 spiro atoms. The third-order valence-electron chi connectivity index (χ3n) is 6.36. The lowest BCUT2D eigenvalue weighted by molar-refractivity contribution is 0.0315. The van der Waals surface area contributed by atoms with E-state index in [0.29, 0.717) is 0 Å². The van der Waals surface area contributed by atoms with Crippen LogP contribution >= 0.6 is 0 Å². The van der Waals surface area contributed by atoms with Gasteiger partial charge in [0.15, 0.2) is 5.96 Å². The van der Waals surface area contributed by atoms with Crippen LogP contribution in [0.4, 0.5) is 0 Å². The maximum absolute atomic E-state index is 5.47. The van der Waals surface area contributed by atoms with E-state index in [1.54, 1.807) is 0 Å². The van der Waals surface area contributed by atoms with Crippen LogP contribution in [0.15, 0.2) is 29.4 Å². The van der Waals surface area contributed by atoms with Gasteiger partial charge < -0.3 is 19.9 Å². The molecule has 29 heavy (non-hydrogen) atoms. The first-order valence-electron chi connectivity index (χ1n) is 11.1. The summed E-state index contributed by atoms with van der Waals surface area (Å²) in [5, 5.41) is 4.95. The molecule has 3 heterocycles. The Morgan fingerprint density at radius 2 is 2.10 bits per heavy atom. The van der Waals surface area contributed by atoms with Crippen LogP contribution in [0.5, 0.6) is 0 Å². The number of para-hydroxylation sites is 1. The molecule has 2 aliphatic rings. The Bertz CT molecular complexity index is 824. The number of likely N-dealkylation sites (tertiary alicyclic amines) is 1. The van der Waals surface area contributed by atoms with E-state index in [1.165, 1.54) is 35.0 Å². The highest BCUT2D eigenvalue weighted by Crippen LogP contribution is 2.22. The van der Waals surface area contributed by atoms with Gasteiger partial charge in [0.25, 0.3) is 0 Å². The Labute approximate surface area is 174 Å². The molecule has 0 amide bonds. The third-order valence-corrected chi connectivity index (χ3v) is 6.36. The van der Waals surface area contributed by atoms with Crippen LogP contribution in [0.1, 0.15) is 24.5 Å². The van der Waals surface area contributed by atoms with Crippen molar-refractivity contribution in [3.8, 4) is 0 Å². The highest BCUT2D eigenvalue weighted by molar-refractivity contribution is 5.86. The molecule has 1 unspecified atom stereocenters. The van der Waals surface area contributed by atoms with E-state index < -0.39 is 0 Å². The van der Waals surface area contributed by atoms with E-state index in [1.807, 2.05) is 7.05 Å². The van der Waals surface area contributed by atoms with E-state index in [0.717, 1.165) is 70.7 Å².